The molecule has 0 spiro atoms. The van der Waals surface area contributed by atoms with Gasteiger partial charge in [0.2, 0.25) is 5.91 Å². The van der Waals surface area contributed by atoms with Crippen LogP contribution in [0.25, 0.3) is 0 Å². The van der Waals surface area contributed by atoms with Gasteiger partial charge in [-0.25, -0.2) is 0 Å². The van der Waals surface area contributed by atoms with Gasteiger partial charge in [-0.3, -0.25) is 9.36 Å². The molecule has 0 aromatic heterocycles. The van der Waals surface area contributed by atoms with Gasteiger partial charge in [0.25, 0.3) is 7.82 Å². The lowest BCUT2D eigenvalue weighted by Crippen LogP contribution is -2.51. The van der Waals surface area contributed by atoms with Crippen molar-refractivity contribution < 1.29 is 38.0 Å². The van der Waals surface area contributed by atoms with Crippen molar-refractivity contribution in [3.05, 3.63) is 60.8 Å². The van der Waals surface area contributed by atoms with Gasteiger partial charge >= 0.3 is 0 Å². The van der Waals surface area contributed by atoms with Crippen molar-refractivity contribution in [3.63, 3.8) is 0 Å². The van der Waals surface area contributed by atoms with Crippen molar-refractivity contribution in [2.24, 2.45) is 0 Å². The van der Waals surface area contributed by atoms with Crippen LogP contribution in [0.5, 0.6) is 0 Å². The zero-order chi connectivity index (χ0) is 40.2. The lowest BCUT2D eigenvalue weighted by Gasteiger charge is -2.31. The number of nitrogens with one attached hydrogen (secondary N) is 1. The molecule has 9 nitrogen and oxygen atoms in total. The van der Waals surface area contributed by atoms with Crippen molar-refractivity contribution >= 4 is 13.7 Å². The zero-order valence-electron chi connectivity index (χ0n) is 35.0. The number of allylic oxidation sites excluding steroid dienone is 10. The van der Waals surface area contributed by atoms with Crippen LogP contribution < -0.4 is 10.2 Å². The average molecular weight is 781 g/mol. The topological polar surface area (TPSA) is 128 Å². The minimum Gasteiger partial charge on any atom is -0.756 e. The number of carbonyl (C=O) groups is 1. The van der Waals surface area contributed by atoms with E-state index in [4.69, 9.17) is 9.05 Å². The highest BCUT2D eigenvalue weighted by Crippen LogP contribution is 2.38. The molecular weight excluding hydrogens is 699 g/mol. The monoisotopic (exact) mass is 781 g/mol. The number of hydrogen-bond acceptors (Lipinski definition) is 7. The van der Waals surface area contributed by atoms with Gasteiger partial charge in [0.05, 0.1) is 39.9 Å². The van der Waals surface area contributed by atoms with Crippen LogP contribution in [0.4, 0.5) is 0 Å². The second-order valence-corrected chi connectivity index (χ2v) is 16.9. The number of rotatable bonds is 37. The number of quaternary nitrogens is 1. The third kappa shape index (κ3) is 35.8. The van der Waals surface area contributed by atoms with Gasteiger partial charge in [-0.2, -0.15) is 0 Å². The zero-order valence-corrected chi connectivity index (χ0v) is 35.9. The largest absolute Gasteiger partial charge is 0.756 e. The average Bonchev–Trinajstić information content (AvgIpc) is 3.12. The summed E-state index contributed by atoms with van der Waals surface area (Å²) < 4.78 is 23.1. The SMILES string of the molecule is C/C=C/CC/C=C/CC/C=C/CCCC(O)C(O)C(COP(=O)([O-])OCC[N+](C)(C)C)NC(=O)CCCCCCCCC/C=C\C/C=C\CCCCCC. The van der Waals surface area contributed by atoms with E-state index in [9.17, 15) is 24.5 Å². The van der Waals surface area contributed by atoms with Crippen LogP contribution in [-0.4, -0.2) is 79.8 Å². The molecule has 0 aliphatic rings. The van der Waals surface area contributed by atoms with E-state index in [1.165, 1.54) is 51.4 Å². The van der Waals surface area contributed by atoms with Crippen LogP contribution in [0.1, 0.15) is 155 Å². The maximum Gasteiger partial charge on any atom is 0.268 e. The Morgan fingerprint density at radius 1 is 0.704 bits per heavy atom. The van der Waals surface area contributed by atoms with Crippen molar-refractivity contribution in [1.82, 2.24) is 5.32 Å². The molecule has 0 aliphatic carbocycles. The molecule has 10 heteroatoms. The first-order chi connectivity index (χ1) is 25.9. The van der Waals surface area contributed by atoms with E-state index < -0.39 is 32.7 Å². The fourth-order valence-electron chi connectivity index (χ4n) is 5.67. The van der Waals surface area contributed by atoms with Crippen molar-refractivity contribution in [3.8, 4) is 0 Å². The predicted molar refractivity (Wildman–Crippen MR) is 225 cm³/mol. The van der Waals surface area contributed by atoms with Crippen molar-refractivity contribution in [1.29, 1.82) is 0 Å². The van der Waals surface area contributed by atoms with Crippen LogP contribution in [-0.2, 0) is 18.4 Å². The Balaban J connectivity index is 4.59. The van der Waals surface area contributed by atoms with E-state index in [1.54, 1.807) is 0 Å². The Hall–Kier alpha value is -1.84. The second-order valence-electron chi connectivity index (χ2n) is 15.5. The fourth-order valence-corrected chi connectivity index (χ4v) is 6.40. The summed E-state index contributed by atoms with van der Waals surface area (Å²) in [5, 5.41) is 24.5. The molecule has 1 amide bonds. The van der Waals surface area contributed by atoms with Crippen LogP contribution >= 0.6 is 7.82 Å². The molecule has 0 aromatic rings. The van der Waals surface area contributed by atoms with E-state index in [2.05, 4.69) is 73.0 Å². The third-order valence-electron chi connectivity index (χ3n) is 9.12. The summed E-state index contributed by atoms with van der Waals surface area (Å²) in [6, 6.07) is -1.10. The quantitative estimate of drug-likeness (QED) is 0.0248. The van der Waals surface area contributed by atoms with Crippen molar-refractivity contribution in [2.45, 2.75) is 173 Å². The van der Waals surface area contributed by atoms with Crippen molar-refractivity contribution in [2.75, 3.05) is 40.9 Å². The molecular formula is C44H81N2O7P. The minimum absolute atomic E-state index is 0.0545. The van der Waals surface area contributed by atoms with Crippen LogP contribution in [0, 0.1) is 0 Å². The van der Waals surface area contributed by atoms with E-state index in [1.807, 2.05) is 28.1 Å². The first-order valence-electron chi connectivity index (χ1n) is 21.2. The standard InChI is InChI=1S/C44H81N2O7P/c1-6-8-10-12-14-16-18-20-21-22-23-24-25-27-29-31-33-35-37-43(48)45-41(40-53-54(50,51)52-39-38-46(3,4)5)44(49)42(47)36-34-32-30-28-26-19-17-15-13-11-9-7-2/h7,9,15-18,21-22,28,30,41-42,44,47,49H,6,8,10-14,19-20,23-27,29,31-40H2,1-5H3,(H-,45,48,50,51)/b9-7+,17-15+,18-16-,22-21-,30-28+. The smallest absolute Gasteiger partial charge is 0.268 e. The molecule has 0 aromatic carbocycles. The Labute approximate surface area is 331 Å². The van der Waals surface area contributed by atoms with Gasteiger partial charge in [-0.15, -0.1) is 0 Å². The van der Waals surface area contributed by atoms with Crippen LogP contribution in [0.3, 0.4) is 0 Å². The molecule has 314 valence electrons. The number of aliphatic hydroxyl groups excluding tert-OH is 2. The lowest BCUT2D eigenvalue weighted by molar-refractivity contribution is -0.870. The highest BCUT2D eigenvalue weighted by Gasteiger charge is 2.29. The third-order valence-corrected chi connectivity index (χ3v) is 10.1. The van der Waals surface area contributed by atoms with Gasteiger partial charge in [0, 0.05) is 6.42 Å². The Kier molecular flexibility index (Phi) is 34.4. The molecule has 0 saturated carbocycles. The molecule has 4 atom stereocenters. The molecule has 0 radical (unpaired) electrons. The number of phosphoric ester groups is 1. The number of unbranched alkanes of at least 4 members (excludes halogenated alkanes) is 14. The molecule has 0 aliphatic heterocycles. The van der Waals surface area contributed by atoms with Crippen LogP contribution in [0.15, 0.2) is 60.8 Å². The molecule has 0 bridgehead atoms. The summed E-state index contributed by atoms with van der Waals surface area (Å²) in [4.78, 5) is 25.3. The minimum atomic E-state index is -4.68. The summed E-state index contributed by atoms with van der Waals surface area (Å²) in [6.07, 6.45) is 41.3. The Morgan fingerprint density at radius 3 is 1.78 bits per heavy atom. The van der Waals surface area contributed by atoms with Gasteiger partial charge in [-0.1, -0.05) is 119 Å². The Morgan fingerprint density at radius 2 is 1.20 bits per heavy atom. The molecule has 3 N–H and O–H groups in total. The summed E-state index contributed by atoms with van der Waals surface area (Å²) >= 11 is 0. The van der Waals surface area contributed by atoms with E-state index in [-0.39, 0.29) is 18.9 Å². The summed E-state index contributed by atoms with van der Waals surface area (Å²) in [6.45, 7) is 4.14. The van der Waals surface area contributed by atoms with Gasteiger partial charge in [0.15, 0.2) is 0 Å². The number of carbonyl (C=O) groups excluding carboxylic acids is 1. The first-order valence-corrected chi connectivity index (χ1v) is 22.6. The first kappa shape index (κ1) is 52.2. The number of phosphoric acid groups is 1. The molecule has 0 rings (SSSR count). The number of aliphatic hydroxyl groups is 2. The number of hydrogen-bond donors (Lipinski definition) is 3. The summed E-state index contributed by atoms with van der Waals surface area (Å²) in [5.41, 5.74) is 0. The fraction of sp³-hybridized carbons (Fsp3) is 0.750. The molecule has 4 unspecified atom stereocenters. The normalized spacial score (nSPS) is 15.6. The maximum absolute atomic E-state index is 12.9. The second kappa shape index (κ2) is 35.6. The van der Waals surface area contributed by atoms with Gasteiger partial charge in [0.1, 0.15) is 19.3 Å². The molecule has 0 fully saturated rings. The van der Waals surface area contributed by atoms with Crippen LogP contribution in [0.2, 0.25) is 0 Å². The number of amides is 1. The highest BCUT2D eigenvalue weighted by atomic mass is 31.2. The molecule has 0 heterocycles. The van der Waals surface area contributed by atoms with Gasteiger partial charge < -0.3 is 34.0 Å². The number of likely N-dealkylation sites (N-methyl/N-ethyl adjacent to an activating group) is 1. The van der Waals surface area contributed by atoms with E-state index in [0.29, 0.717) is 30.3 Å². The lowest BCUT2D eigenvalue weighted by atomic mass is 10.0. The van der Waals surface area contributed by atoms with E-state index >= 15 is 0 Å². The summed E-state index contributed by atoms with van der Waals surface area (Å²) in [5.74, 6) is -0.307. The molecule has 0 saturated heterocycles. The van der Waals surface area contributed by atoms with E-state index in [0.717, 1.165) is 64.2 Å². The van der Waals surface area contributed by atoms with Gasteiger partial charge in [-0.05, 0) is 90.4 Å². The number of nitrogens with zero attached hydrogens (tertiary/aromatic N) is 1. The highest BCUT2D eigenvalue weighted by molar-refractivity contribution is 7.45. The summed E-state index contributed by atoms with van der Waals surface area (Å²) in [7, 11) is 1.08. The molecule has 54 heavy (non-hydrogen) atoms. The predicted octanol–water partition coefficient (Wildman–Crippen LogP) is 9.80. The Bertz CT molecular complexity index is 1080. The maximum atomic E-state index is 12.9.